The molecule has 0 bridgehead atoms. The third kappa shape index (κ3) is 6.21. The molecule has 6 nitrogen and oxygen atoms in total. The van der Waals surface area contributed by atoms with Gasteiger partial charge in [-0.25, -0.2) is 17.5 Å². The summed E-state index contributed by atoms with van der Waals surface area (Å²) in [5.41, 5.74) is 0.562. The van der Waals surface area contributed by atoms with Gasteiger partial charge in [0.25, 0.3) is 15.9 Å². The first-order valence-corrected chi connectivity index (χ1v) is 13.7. The Bertz CT molecular complexity index is 1130. The Morgan fingerprint density at radius 3 is 2.38 bits per heavy atom. The highest BCUT2D eigenvalue weighted by Crippen LogP contribution is 2.30. The molecule has 2 fully saturated rings. The van der Waals surface area contributed by atoms with E-state index >= 15 is 0 Å². The monoisotopic (exact) mass is 508 g/mol. The van der Waals surface area contributed by atoms with Crippen LogP contribution in [0.25, 0.3) is 0 Å². The Morgan fingerprint density at radius 1 is 1.00 bits per heavy atom. The number of amides is 1. The first kappa shape index (κ1) is 24.8. The molecule has 0 unspecified atom stereocenters. The molecule has 2 aromatic rings. The molecule has 0 heterocycles. The Hall–Kier alpha value is -2.32. The fourth-order valence-corrected chi connectivity index (χ4v) is 5.94. The predicted octanol–water partition coefficient (Wildman–Crippen LogP) is 5.91. The van der Waals surface area contributed by atoms with Gasteiger partial charge < -0.3 is 10.1 Å². The normalized spacial score (nSPS) is 17.5. The van der Waals surface area contributed by atoms with Crippen LogP contribution in [0.15, 0.2) is 41.3 Å². The fraction of sp³-hybridized carbons (Fsp3) is 0.480. The van der Waals surface area contributed by atoms with Gasteiger partial charge in [0.1, 0.15) is 16.5 Å². The van der Waals surface area contributed by atoms with Gasteiger partial charge in [0.15, 0.2) is 0 Å². The van der Waals surface area contributed by atoms with E-state index in [9.17, 15) is 17.6 Å². The van der Waals surface area contributed by atoms with Crippen LogP contribution < -0.4 is 14.8 Å². The molecule has 2 aliphatic rings. The number of sulfonamides is 1. The van der Waals surface area contributed by atoms with Crippen molar-refractivity contribution in [1.82, 2.24) is 4.72 Å². The minimum absolute atomic E-state index is 0.0396. The van der Waals surface area contributed by atoms with E-state index in [1.165, 1.54) is 43.5 Å². The smallest absolute Gasteiger partial charge is 0.267 e. The maximum atomic E-state index is 14.7. The van der Waals surface area contributed by atoms with Gasteiger partial charge in [-0.15, -0.1) is 0 Å². The zero-order valence-corrected chi connectivity index (χ0v) is 20.6. The molecular weight excluding hydrogens is 479 g/mol. The van der Waals surface area contributed by atoms with Gasteiger partial charge in [0.05, 0.1) is 11.6 Å². The fourth-order valence-electron chi connectivity index (χ4n) is 4.67. The van der Waals surface area contributed by atoms with Crippen LogP contribution in [0, 0.1) is 11.7 Å². The largest absolute Gasteiger partial charge is 0.492 e. The molecule has 0 aliphatic heterocycles. The Labute approximate surface area is 205 Å². The van der Waals surface area contributed by atoms with Gasteiger partial charge >= 0.3 is 0 Å². The Balaban J connectivity index is 1.40. The number of carbonyl (C=O) groups excluding carboxylic acids is 1. The molecule has 184 valence electrons. The Morgan fingerprint density at radius 2 is 1.71 bits per heavy atom. The number of benzene rings is 2. The van der Waals surface area contributed by atoms with Crippen LogP contribution in [-0.4, -0.2) is 27.0 Å². The molecule has 4 rings (SSSR count). The van der Waals surface area contributed by atoms with Gasteiger partial charge in [0.2, 0.25) is 0 Å². The predicted molar refractivity (Wildman–Crippen MR) is 130 cm³/mol. The van der Waals surface area contributed by atoms with Crippen molar-refractivity contribution in [3.63, 3.8) is 0 Å². The van der Waals surface area contributed by atoms with E-state index in [0.29, 0.717) is 24.0 Å². The van der Waals surface area contributed by atoms with Gasteiger partial charge in [-0.05, 0) is 68.0 Å². The highest BCUT2D eigenvalue weighted by molar-refractivity contribution is 7.90. The highest BCUT2D eigenvalue weighted by Gasteiger charge is 2.24. The van der Waals surface area contributed by atoms with Gasteiger partial charge in [-0.2, -0.15) is 0 Å². The summed E-state index contributed by atoms with van der Waals surface area (Å²) in [6.45, 7) is 0.560. The zero-order valence-electron chi connectivity index (χ0n) is 19.0. The molecule has 1 amide bonds. The maximum Gasteiger partial charge on any atom is 0.267 e. The summed E-state index contributed by atoms with van der Waals surface area (Å²) in [5, 5.41) is 3.47. The third-order valence-electron chi connectivity index (χ3n) is 6.57. The van der Waals surface area contributed by atoms with E-state index < -0.39 is 26.6 Å². The lowest BCUT2D eigenvalue weighted by Gasteiger charge is -2.24. The third-order valence-corrected chi connectivity index (χ3v) is 8.23. The van der Waals surface area contributed by atoms with Gasteiger partial charge in [-0.1, -0.05) is 43.7 Å². The minimum atomic E-state index is -4.41. The van der Waals surface area contributed by atoms with E-state index in [1.807, 2.05) is 4.72 Å². The first-order valence-electron chi connectivity index (χ1n) is 11.9. The van der Waals surface area contributed by atoms with Crippen molar-refractivity contribution >= 4 is 33.2 Å². The number of rotatable bonds is 8. The van der Waals surface area contributed by atoms with Crippen molar-refractivity contribution in [2.45, 2.75) is 68.7 Å². The van der Waals surface area contributed by atoms with Crippen molar-refractivity contribution in [3.8, 4) is 5.75 Å². The standard InChI is InChI=1S/C25H30ClFN2O4S/c26-21-14-18(10-12-23(21)33-16-17-6-4-5-7-17)25(30)29-34(31,32)24-13-11-20(15-22(24)27)28-19-8-2-1-3-9-19/h10-15,17,19,28H,1-9,16H2,(H,29,30). The van der Waals surface area contributed by atoms with Crippen molar-refractivity contribution in [2.24, 2.45) is 5.92 Å². The van der Waals surface area contributed by atoms with E-state index in [2.05, 4.69) is 5.32 Å². The number of anilines is 1. The van der Waals surface area contributed by atoms with E-state index in [4.69, 9.17) is 16.3 Å². The van der Waals surface area contributed by atoms with Crippen LogP contribution in [0.5, 0.6) is 5.75 Å². The summed E-state index contributed by atoms with van der Waals surface area (Å²) in [4.78, 5) is 12.0. The number of halogens is 2. The van der Waals surface area contributed by atoms with Crippen molar-refractivity contribution in [2.75, 3.05) is 11.9 Å². The summed E-state index contributed by atoms with van der Waals surface area (Å²) in [6, 6.07) is 8.43. The molecule has 2 aromatic carbocycles. The number of ether oxygens (including phenoxy) is 1. The van der Waals surface area contributed by atoms with Crippen LogP contribution >= 0.6 is 11.6 Å². The Kier molecular flexibility index (Phi) is 7.99. The van der Waals surface area contributed by atoms with Gasteiger partial charge in [0, 0.05) is 17.3 Å². The number of hydrogen-bond acceptors (Lipinski definition) is 5. The summed E-state index contributed by atoms with van der Waals surface area (Å²) in [7, 11) is -4.41. The van der Waals surface area contributed by atoms with E-state index in [-0.39, 0.29) is 16.6 Å². The number of hydrogen-bond donors (Lipinski definition) is 2. The molecule has 0 atom stereocenters. The van der Waals surface area contributed by atoms with Gasteiger partial charge in [-0.3, -0.25) is 4.79 Å². The lowest BCUT2D eigenvalue weighted by molar-refractivity contribution is 0.0981. The average molecular weight is 509 g/mol. The summed E-state index contributed by atoms with van der Waals surface area (Å²) < 4.78 is 47.8. The molecule has 2 aliphatic carbocycles. The van der Waals surface area contributed by atoms with Crippen LogP contribution in [0.1, 0.15) is 68.1 Å². The second-order valence-electron chi connectivity index (χ2n) is 9.17. The lowest BCUT2D eigenvalue weighted by atomic mass is 9.95. The first-order chi connectivity index (χ1) is 16.3. The minimum Gasteiger partial charge on any atom is -0.492 e. The average Bonchev–Trinajstić information content (AvgIpc) is 3.32. The van der Waals surface area contributed by atoms with Crippen LogP contribution in [0.2, 0.25) is 5.02 Å². The molecular formula is C25H30ClFN2O4S. The van der Waals surface area contributed by atoms with E-state index in [0.717, 1.165) is 44.6 Å². The molecule has 0 radical (unpaired) electrons. The summed E-state index contributed by atoms with van der Waals surface area (Å²) >= 11 is 6.25. The molecule has 0 saturated heterocycles. The molecule has 0 aromatic heterocycles. The van der Waals surface area contributed by atoms with Crippen molar-refractivity contribution < 1.29 is 22.3 Å². The SMILES string of the molecule is O=C(NS(=O)(=O)c1ccc(NC2CCCCC2)cc1F)c1ccc(OCC2CCCC2)c(Cl)c1. The number of carbonyl (C=O) groups is 1. The number of nitrogens with one attached hydrogen (secondary N) is 2. The molecule has 0 spiro atoms. The topological polar surface area (TPSA) is 84.5 Å². The van der Waals surface area contributed by atoms with Crippen LogP contribution in [0.3, 0.4) is 0 Å². The second kappa shape index (κ2) is 11.0. The summed E-state index contributed by atoms with van der Waals surface area (Å²) in [6.07, 6.45) is 10.1. The molecule has 2 saturated carbocycles. The van der Waals surface area contributed by atoms with Crippen molar-refractivity contribution in [1.29, 1.82) is 0 Å². The molecule has 34 heavy (non-hydrogen) atoms. The zero-order chi connectivity index (χ0) is 24.1. The van der Waals surface area contributed by atoms with Crippen LogP contribution in [0.4, 0.5) is 10.1 Å². The molecule has 2 N–H and O–H groups in total. The van der Waals surface area contributed by atoms with Crippen molar-refractivity contribution in [3.05, 3.63) is 52.8 Å². The lowest BCUT2D eigenvalue weighted by Crippen LogP contribution is -2.31. The highest BCUT2D eigenvalue weighted by atomic mass is 35.5. The molecule has 9 heteroatoms. The van der Waals surface area contributed by atoms with Crippen LogP contribution in [-0.2, 0) is 10.0 Å². The maximum absolute atomic E-state index is 14.7. The van der Waals surface area contributed by atoms with E-state index in [1.54, 1.807) is 6.07 Å². The summed E-state index contributed by atoms with van der Waals surface area (Å²) in [5.74, 6) is -0.869. The second-order valence-corrected chi connectivity index (χ2v) is 11.2. The quantitative estimate of drug-likeness (QED) is 0.463.